The molecule has 1 aliphatic rings. The second-order valence-corrected chi connectivity index (χ2v) is 5.42. The standard InChI is InChI=1S/C13H18N4O/c1-12(2)10(7-13(12,3)18-4)17-11-9(8-14)15-5-6-16-11/h5-6,10H,7H2,1-4H3,(H,16,17)/t10-,13-/m0/s1. The van der Waals surface area contributed by atoms with E-state index in [1.165, 1.54) is 6.20 Å². The highest BCUT2D eigenvalue weighted by atomic mass is 16.5. The van der Waals surface area contributed by atoms with Gasteiger partial charge in [0.1, 0.15) is 6.07 Å². The number of hydrogen-bond donors (Lipinski definition) is 1. The summed E-state index contributed by atoms with van der Waals surface area (Å²) in [5, 5.41) is 12.3. The molecule has 2 atom stereocenters. The third kappa shape index (κ3) is 1.73. The maximum Gasteiger partial charge on any atom is 0.182 e. The molecule has 1 fully saturated rings. The van der Waals surface area contributed by atoms with E-state index in [1.54, 1.807) is 13.3 Å². The fraction of sp³-hybridized carbons (Fsp3) is 0.615. The van der Waals surface area contributed by atoms with Crippen LogP contribution in [0.3, 0.4) is 0 Å². The van der Waals surface area contributed by atoms with Crippen LogP contribution >= 0.6 is 0 Å². The van der Waals surface area contributed by atoms with Crippen LogP contribution in [-0.2, 0) is 4.74 Å². The molecule has 1 N–H and O–H groups in total. The van der Waals surface area contributed by atoms with Crippen molar-refractivity contribution in [2.24, 2.45) is 5.41 Å². The number of aromatic nitrogens is 2. The normalized spacial score (nSPS) is 29.2. The summed E-state index contributed by atoms with van der Waals surface area (Å²) in [5.74, 6) is 0.552. The Morgan fingerprint density at radius 3 is 2.61 bits per heavy atom. The zero-order valence-electron chi connectivity index (χ0n) is 11.2. The van der Waals surface area contributed by atoms with Crippen LogP contribution in [0.2, 0.25) is 0 Å². The summed E-state index contributed by atoms with van der Waals surface area (Å²) in [4.78, 5) is 8.17. The Labute approximate surface area is 107 Å². The number of anilines is 1. The van der Waals surface area contributed by atoms with Gasteiger partial charge in [0.25, 0.3) is 0 Å². The number of rotatable bonds is 3. The largest absolute Gasteiger partial charge is 0.378 e. The number of nitriles is 1. The van der Waals surface area contributed by atoms with Gasteiger partial charge in [-0.25, -0.2) is 9.97 Å². The number of hydrogen-bond acceptors (Lipinski definition) is 5. The molecule has 1 heterocycles. The molecule has 0 bridgehead atoms. The van der Waals surface area contributed by atoms with E-state index < -0.39 is 0 Å². The Hall–Kier alpha value is -1.67. The molecule has 1 aliphatic carbocycles. The fourth-order valence-corrected chi connectivity index (χ4v) is 2.41. The Kier molecular flexibility index (Phi) is 2.99. The number of ether oxygens (including phenoxy) is 1. The summed E-state index contributed by atoms with van der Waals surface area (Å²) in [6.07, 6.45) is 4.00. The minimum atomic E-state index is -0.139. The van der Waals surface area contributed by atoms with Crippen LogP contribution in [0, 0.1) is 16.7 Å². The number of methoxy groups -OCH3 is 1. The molecule has 18 heavy (non-hydrogen) atoms. The molecule has 0 amide bonds. The molecule has 2 rings (SSSR count). The summed E-state index contributed by atoms with van der Waals surface area (Å²) in [7, 11) is 1.74. The van der Waals surface area contributed by atoms with E-state index >= 15 is 0 Å². The van der Waals surface area contributed by atoms with E-state index in [9.17, 15) is 0 Å². The summed E-state index contributed by atoms with van der Waals surface area (Å²) < 4.78 is 5.57. The molecule has 1 aromatic heterocycles. The van der Waals surface area contributed by atoms with Gasteiger partial charge in [0.05, 0.1) is 5.60 Å². The Morgan fingerprint density at radius 1 is 1.39 bits per heavy atom. The average molecular weight is 246 g/mol. The predicted molar refractivity (Wildman–Crippen MR) is 68.0 cm³/mol. The van der Waals surface area contributed by atoms with Gasteiger partial charge in [-0.1, -0.05) is 13.8 Å². The quantitative estimate of drug-likeness (QED) is 0.882. The van der Waals surface area contributed by atoms with E-state index in [0.29, 0.717) is 11.5 Å². The SMILES string of the molecule is CO[C@@]1(C)C[C@H](Nc2nccnc2C#N)C1(C)C. The zero-order chi connectivity index (χ0) is 13.4. The molecule has 96 valence electrons. The van der Waals surface area contributed by atoms with Crippen molar-refractivity contribution in [2.45, 2.75) is 38.8 Å². The first-order chi connectivity index (χ1) is 8.44. The summed E-state index contributed by atoms with van der Waals surface area (Å²) >= 11 is 0. The van der Waals surface area contributed by atoms with E-state index in [4.69, 9.17) is 10.00 Å². The molecule has 0 saturated heterocycles. The van der Waals surface area contributed by atoms with Crippen LogP contribution in [-0.4, -0.2) is 28.7 Å². The van der Waals surface area contributed by atoms with Gasteiger partial charge in [-0.3, -0.25) is 0 Å². The molecule has 0 aromatic carbocycles. The lowest BCUT2D eigenvalue weighted by Gasteiger charge is -2.59. The second-order valence-electron chi connectivity index (χ2n) is 5.42. The first-order valence-corrected chi connectivity index (χ1v) is 5.97. The summed E-state index contributed by atoms with van der Waals surface area (Å²) in [5.41, 5.74) is 0.172. The maximum absolute atomic E-state index is 8.98. The van der Waals surface area contributed by atoms with Crippen LogP contribution in [0.4, 0.5) is 5.82 Å². The monoisotopic (exact) mass is 246 g/mol. The predicted octanol–water partition coefficient (Wildman–Crippen LogP) is 1.96. The summed E-state index contributed by atoms with van der Waals surface area (Å²) in [6.45, 7) is 6.41. The van der Waals surface area contributed by atoms with E-state index in [-0.39, 0.29) is 17.1 Å². The summed E-state index contributed by atoms with van der Waals surface area (Å²) in [6, 6.07) is 2.27. The first kappa shape index (κ1) is 12.8. The molecular weight excluding hydrogens is 228 g/mol. The van der Waals surface area contributed by atoms with Gasteiger partial charge < -0.3 is 10.1 Å². The minimum Gasteiger partial charge on any atom is -0.378 e. The van der Waals surface area contributed by atoms with Crippen LogP contribution in [0.5, 0.6) is 0 Å². The Balaban J connectivity index is 2.16. The van der Waals surface area contributed by atoms with Crippen molar-refractivity contribution >= 4 is 5.82 Å². The fourth-order valence-electron chi connectivity index (χ4n) is 2.41. The highest BCUT2D eigenvalue weighted by Gasteiger charge is 2.57. The zero-order valence-corrected chi connectivity index (χ0v) is 11.2. The lowest BCUT2D eigenvalue weighted by atomic mass is 9.56. The minimum absolute atomic E-state index is 0.0218. The van der Waals surface area contributed by atoms with Crippen LogP contribution in [0.15, 0.2) is 12.4 Å². The smallest absolute Gasteiger partial charge is 0.182 e. The van der Waals surface area contributed by atoms with Crippen molar-refractivity contribution < 1.29 is 4.74 Å². The van der Waals surface area contributed by atoms with Gasteiger partial charge in [-0.05, 0) is 13.3 Å². The van der Waals surface area contributed by atoms with Crippen molar-refractivity contribution in [2.75, 3.05) is 12.4 Å². The van der Waals surface area contributed by atoms with Gasteiger partial charge in [-0.2, -0.15) is 5.26 Å². The van der Waals surface area contributed by atoms with Gasteiger partial charge in [0.2, 0.25) is 0 Å². The molecule has 0 radical (unpaired) electrons. The molecule has 1 aromatic rings. The van der Waals surface area contributed by atoms with Crippen molar-refractivity contribution in [1.82, 2.24) is 9.97 Å². The van der Waals surface area contributed by atoms with Crippen LogP contribution in [0.25, 0.3) is 0 Å². The highest BCUT2D eigenvalue weighted by molar-refractivity contribution is 5.48. The molecular formula is C13H18N4O. The van der Waals surface area contributed by atoms with E-state index in [2.05, 4.69) is 36.1 Å². The first-order valence-electron chi connectivity index (χ1n) is 5.97. The third-order valence-corrected chi connectivity index (χ3v) is 4.39. The lowest BCUT2D eigenvalue weighted by molar-refractivity contribution is -0.166. The van der Waals surface area contributed by atoms with Crippen LogP contribution in [0.1, 0.15) is 32.9 Å². The van der Waals surface area contributed by atoms with Gasteiger partial charge in [-0.15, -0.1) is 0 Å². The average Bonchev–Trinajstić information content (AvgIpc) is 2.38. The molecule has 0 spiro atoms. The number of nitrogens with one attached hydrogen (secondary N) is 1. The molecule has 1 saturated carbocycles. The van der Waals surface area contributed by atoms with E-state index in [0.717, 1.165) is 6.42 Å². The lowest BCUT2D eigenvalue weighted by Crippen LogP contribution is -2.65. The van der Waals surface area contributed by atoms with Crippen molar-refractivity contribution in [3.8, 4) is 6.07 Å². The molecule has 5 nitrogen and oxygen atoms in total. The third-order valence-electron chi connectivity index (χ3n) is 4.39. The van der Waals surface area contributed by atoms with Crippen molar-refractivity contribution in [1.29, 1.82) is 5.26 Å². The van der Waals surface area contributed by atoms with Crippen molar-refractivity contribution in [3.63, 3.8) is 0 Å². The van der Waals surface area contributed by atoms with Gasteiger partial charge >= 0.3 is 0 Å². The Morgan fingerprint density at radius 2 is 2.06 bits per heavy atom. The molecule has 0 unspecified atom stereocenters. The van der Waals surface area contributed by atoms with Gasteiger partial charge in [0.15, 0.2) is 11.5 Å². The van der Waals surface area contributed by atoms with Crippen molar-refractivity contribution in [3.05, 3.63) is 18.1 Å². The number of nitrogens with zero attached hydrogens (tertiary/aromatic N) is 3. The maximum atomic E-state index is 8.98. The Bertz CT molecular complexity index is 494. The van der Waals surface area contributed by atoms with Crippen LogP contribution < -0.4 is 5.32 Å². The van der Waals surface area contributed by atoms with E-state index in [1.807, 2.05) is 6.07 Å². The van der Waals surface area contributed by atoms with Gasteiger partial charge in [0, 0.05) is 31.0 Å². The topological polar surface area (TPSA) is 70.8 Å². The highest BCUT2D eigenvalue weighted by Crippen LogP contribution is 2.52. The molecule has 5 heteroatoms. The molecule has 0 aliphatic heterocycles. The second kappa shape index (κ2) is 4.21.